The average Bonchev–Trinajstić information content (AvgIpc) is 2.97. The van der Waals surface area contributed by atoms with Crippen molar-refractivity contribution in [3.8, 4) is 0 Å². The maximum Gasteiger partial charge on any atom is 0.0833 e. The first-order valence-corrected chi connectivity index (χ1v) is 6.57. The molecule has 0 aliphatic carbocycles. The van der Waals surface area contributed by atoms with E-state index in [9.17, 15) is 0 Å². The molecule has 1 aromatic heterocycles. The van der Waals surface area contributed by atoms with Gasteiger partial charge < -0.3 is 16.0 Å². The summed E-state index contributed by atoms with van der Waals surface area (Å²) >= 11 is 0. The van der Waals surface area contributed by atoms with Crippen molar-refractivity contribution in [3.63, 3.8) is 0 Å². The molecule has 0 aliphatic rings. The molecule has 0 amide bonds. The number of nitrogens with two attached hydrogens (primary N) is 2. The molecule has 1 heterocycles. The molecule has 100 valence electrons. The Morgan fingerprint density at radius 2 is 1.05 bits per heavy atom. The minimum atomic E-state index is 0.131. The summed E-state index contributed by atoms with van der Waals surface area (Å²) in [4.78, 5) is 0. The van der Waals surface area contributed by atoms with Crippen LogP contribution in [0.25, 0.3) is 0 Å². The van der Waals surface area contributed by atoms with Crippen LogP contribution >= 0.6 is 0 Å². The van der Waals surface area contributed by atoms with Crippen molar-refractivity contribution in [1.82, 2.24) is 4.57 Å². The van der Waals surface area contributed by atoms with E-state index < -0.39 is 0 Å². The predicted molar refractivity (Wildman–Crippen MR) is 83.4 cm³/mol. The van der Waals surface area contributed by atoms with Gasteiger partial charge >= 0.3 is 0 Å². The Hall–Kier alpha value is -2.68. The summed E-state index contributed by atoms with van der Waals surface area (Å²) in [5.41, 5.74) is 15.5. The minimum Gasteiger partial charge on any atom is -0.399 e. The topological polar surface area (TPSA) is 57.0 Å². The summed E-state index contributed by atoms with van der Waals surface area (Å²) in [6, 6.07) is 20.2. The summed E-state index contributed by atoms with van der Waals surface area (Å²) in [5, 5.41) is 0. The Balaban J connectivity index is 2.09. The first-order valence-electron chi connectivity index (χ1n) is 6.57. The van der Waals surface area contributed by atoms with Gasteiger partial charge in [-0.25, -0.2) is 0 Å². The molecular formula is C17H17N3. The average molecular weight is 263 g/mol. The zero-order valence-corrected chi connectivity index (χ0v) is 11.1. The van der Waals surface area contributed by atoms with Crippen LogP contribution in [-0.2, 0) is 0 Å². The van der Waals surface area contributed by atoms with E-state index in [1.807, 2.05) is 36.4 Å². The van der Waals surface area contributed by atoms with Crippen molar-refractivity contribution in [2.75, 3.05) is 11.5 Å². The molecule has 0 radical (unpaired) electrons. The fourth-order valence-electron chi connectivity index (χ4n) is 2.41. The van der Waals surface area contributed by atoms with E-state index in [0.29, 0.717) is 0 Å². The monoisotopic (exact) mass is 263 g/mol. The number of benzene rings is 2. The SMILES string of the molecule is Nc1ccc(C(c2ccc(N)cc2)n2cccc2)cc1. The summed E-state index contributed by atoms with van der Waals surface area (Å²) in [5.74, 6) is 0. The standard InChI is InChI=1S/C17H17N3/c18-15-7-3-13(4-8-15)17(20-11-1-2-12-20)14-5-9-16(19)10-6-14/h1-12,17H,18-19H2. The van der Waals surface area contributed by atoms with Crippen molar-refractivity contribution >= 4 is 11.4 Å². The van der Waals surface area contributed by atoms with Gasteiger partial charge in [0.2, 0.25) is 0 Å². The predicted octanol–water partition coefficient (Wildman–Crippen LogP) is 3.29. The quantitative estimate of drug-likeness (QED) is 0.712. The van der Waals surface area contributed by atoms with E-state index in [4.69, 9.17) is 11.5 Å². The highest BCUT2D eigenvalue weighted by atomic mass is 15.0. The molecule has 0 bridgehead atoms. The highest BCUT2D eigenvalue weighted by Crippen LogP contribution is 2.28. The van der Waals surface area contributed by atoms with Crippen molar-refractivity contribution in [2.24, 2.45) is 0 Å². The van der Waals surface area contributed by atoms with Gasteiger partial charge in [0, 0.05) is 23.8 Å². The fraction of sp³-hybridized carbons (Fsp3) is 0.0588. The molecule has 0 spiro atoms. The van der Waals surface area contributed by atoms with Gasteiger partial charge in [-0.2, -0.15) is 0 Å². The van der Waals surface area contributed by atoms with Gasteiger partial charge in [-0.1, -0.05) is 24.3 Å². The summed E-state index contributed by atoms with van der Waals surface area (Å²) < 4.78 is 2.18. The number of aromatic nitrogens is 1. The molecule has 0 fully saturated rings. The van der Waals surface area contributed by atoms with Crippen molar-refractivity contribution < 1.29 is 0 Å². The van der Waals surface area contributed by atoms with Gasteiger partial charge in [-0.05, 0) is 47.5 Å². The van der Waals surface area contributed by atoms with Crippen molar-refractivity contribution in [2.45, 2.75) is 6.04 Å². The zero-order valence-electron chi connectivity index (χ0n) is 11.1. The van der Waals surface area contributed by atoms with Crippen LogP contribution in [0, 0.1) is 0 Å². The third-order valence-electron chi connectivity index (χ3n) is 3.43. The van der Waals surface area contributed by atoms with Crippen molar-refractivity contribution in [3.05, 3.63) is 84.2 Å². The Kier molecular flexibility index (Phi) is 3.17. The molecule has 4 N–H and O–H groups in total. The van der Waals surface area contributed by atoms with Crippen LogP contribution in [0.2, 0.25) is 0 Å². The number of nitrogens with zero attached hydrogens (tertiary/aromatic N) is 1. The van der Waals surface area contributed by atoms with Gasteiger partial charge in [0.25, 0.3) is 0 Å². The van der Waals surface area contributed by atoms with Crippen LogP contribution in [0.3, 0.4) is 0 Å². The lowest BCUT2D eigenvalue weighted by Crippen LogP contribution is -2.10. The second-order valence-corrected chi connectivity index (χ2v) is 4.87. The smallest absolute Gasteiger partial charge is 0.0833 e. The van der Waals surface area contributed by atoms with Crippen LogP contribution in [0.5, 0.6) is 0 Å². The van der Waals surface area contributed by atoms with Gasteiger partial charge in [-0.3, -0.25) is 0 Å². The fourth-order valence-corrected chi connectivity index (χ4v) is 2.41. The Labute approximate surface area is 118 Å². The minimum absolute atomic E-state index is 0.131. The second kappa shape index (κ2) is 5.13. The molecule has 0 atom stereocenters. The molecule has 2 aromatic carbocycles. The number of rotatable bonds is 3. The normalized spacial score (nSPS) is 10.8. The van der Waals surface area contributed by atoms with Crippen molar-refractivity contribution in [1.29, 1.82) is 0 Å². The molecule has 0 unspecified atom stereocenters. The van der Waals surface area contributed by atoms with Crippen LogP contribution in [0.1, 0.15) is 17.2 Å². The molecule has 20 heavy (non-hydrogen) atoms. The molecule has 3 rings (SSSR count). The molecule has 3 aromatic rings. The first kappa shape index (κ1) is 12.4. The lowest BCUT2D eigenvalue weighted by molar-refractivity contribution is 0.682. The third kappa shape index (κ3) is 2.38. The number of nitrogen functional groups attached to an aromatic ring is 2. The summed E-state index contributed by atoms with van der Waals surface area (Å²) in [6.07, 6.45) is 4.13. The van der Waals surface area contributed by atoms with E-state index in [2.05, 4.69) is 41.2 Å². The Bertz CT molecular complexity index is 622. The van der Waals surface area contributed by atoms with E-state index in [-0.39, 0.29) is 6.04 Å². The number of hydrogen-bond donors (Lipinski definition) is 2. The van der Waals surface area contributed by atoms with E-state index in [0.717, 1.165) is 11.4 Å². The van der Waals surface area contributed by atoms with E-state index >= 15 is 0 Å². The number of hydrogen-bond acceptors (Lipinski definition) is 2. The van der Waals surface area contributed by atoms with Gasteiger partial charge in [0.1, 0.15) is 0 Å². The summed E-state index contributed by atoms with van der Waals surface area (Å²) in [7, 11) is 0. The van der Waals surface area contributed by atoms with Gasteiger partial charge in [0.05, 0.1) is 6.04 Å². The Morgan fingerprint density at radius 1 is 0.650 bits per heavy atom. The molecule has 0 saturated heterocycles. The number of anilines is 2. The van der Waals surface area contributed by atoms with Crippen LogP contribution in [-0.4, -0.2) is 4.57 Å². The lowest BCUT2D eigenvalue weighted by Gasteiger charge is -2.20. The third-order valence-corrected chi connectivity index (χ3v) is 3.43. The second-order valence-electron chi connectivity index (χ2n) is 4.87. The zero-order chi connectivity index (χ0) is 13.9. The highest BCUT2D eigenvalue weighted by molar-refractivity contribution is 5.45. The molecule has 3 heteroatoms. The molecule has 3 nitrogen and oxygen atoms in total. The maximum absolute atomic E-state index is 5.78. The van der Waals surface area contributed by atoms with Gasteiger partial charge in [-0.15, -0.1) is 0 Å². The van der Waals surface area contributed by atoms with Crippen LogP contribution < -0.4 is 11.5 Å². The van der Waals surface area contributed by atoms with Crippen LogP contribution in [0.15, 0.2) is 73.1 Å². The first-order chi connectivity index (χ1) is 9.74. The Morgan fingerprint density at radius 3 is 1.45 bits per heavy atom. The lowest BCUT2D eigenvalue weighted by atomic mass is 9.98. The summed E-state index contributed by atoms with van der Waals surface area (Å²) in [6.45, 7) is 0. The molecular weight excluding hydrogens is 246 g/mol. The van der Waals surface area contributed by atoms with Crippen LogP contribution in [0.4, 0.5) is 11.4 Å². The maximum atomic E-state index is 5.78. The van der Waals surface area contributed by atoms with Gasteiger partial charge in [0.15, 0.2) is 0 Å². The highest BCUT2D eigenvalue weighted by Gasteiger charge is 2.15. The van der Waals surface area contributed by atoms with E-state index in [1.54, 1.807) is 0 Å². The largest absolute Gasteiger partial charge is 0.399 e. The molecule has 0 aliphatic heterocycles. The van der Waals surface area contributed by atoms with E-state index in [1.165, 1.54) is 11.1 Å². The molecule has 0 saturated carbocycles.